The number of imidazole rings is 1. The highest BCUT2D eigenvalue weighted by Crippen LogP contribution is 2.11. The molecule has 0 unspecified atom stereocenters. The Morgan fingerprint density at radius 2 is 2.32 bits per heavy atom. The molecule has 0 atom stereocenters. The molecule has 0 spiro atoms. The third-order valence-corrected chi connectivity index (χ3v) is 2.86. The predicted molar refractivity (Wildman–Crippen MR) is 74.2 cm³/mol. The molecule has 1 aromatic carbocycles. The fourth-order valence-electron chi connectivity index (χ4n) is 1.76. The minimum absolute atomic E-state index is 0.0874. The summed E-state index contributed by atoms with van der Waals surface area (Å²) in [7, 11) is 0. The van der Waals surface area contributed by atoms with E-state index >= 15 is 0 Å². The Balaban J connectivity index is 1.79. The Kier molecular flexibility index (Phi) is 4.92. The number of nitrogens with zero attached hydrogens (tertiary/aromatic N) is 1. The molecule has 0 aliphatic carbocycles. The van der Waals surface area contributed by atoms with Crippen LogP contribution in [-0.4, -0.2) is 35.6 Å². The van der Waals surface area contributed by atoms with Gasteiger partial charge in [0.1, 0.15) is 0 Å². The molecule has 102 valence electrons. The maximum Gasteiger partial charge on any atom is 0.251 e. The van der Waals surface area contributed by atoms with Crippen molar-refractivity contribution in [1.82, 2.24) is 15.3 Å². The van der Waals surface area contributed by atoms with Crippen molar-refractivity contribution in [3.05, 3.63) is 30.1 Å². The van der Waals surface area contributed by atoms with Gasteiger partial charge in [0.25, 0.3) is 5.91 Å². The Labute approximate surface area is 112 Å². The van der Waals surface area contributed by atoms with Crippen molar-refractivity contribution in [3.8, 4) is 0 Å². The average molecular weight is 261 g/mol. The summed E-state index contributed by atoms with van der Waals surface area (Å²) in [5.74, 6) is -0.0874. The van der Waals surface area contributed by atoms with Gasteiger partial charge in [-0.15, -0.1) is 0 Å². The summed E-state index contributed by atoms with van der Waals surface area (Å²) in [4.78, 5) is 19.0. The summed E-state index contributed by atoms with van der Waals surface area (Å²) < 4.78 is 5.39. The van der Waals surface area contributed by atoms with Gasteiger partial charge in [-0.3, -0.25) is 4.79 Å². The summed E-state index contributed by atoms with van der Waals surface area (Å²) in [6.45, 7) is 3.96. The lowest BCUT2D eigenvalue weighted by molar-refractivity contribution is 0.0913. The quantitative estimate of drug-likeness (QED) is 0.750. The fourth-order valence-corrected chi connectivity index (χ4v) is 1.76. The van der Waals surface area contributed by atoms with Crippen LogP contribution >= 0.6 is 0 Å². The fraction of sp³-hybridized carbons (Fsp3) is 0.429. The number of fused-ring (bicyclic) bond motifs is 1. The van der Waals surface area contributed by atoms with Crippen LogP contribution in [0.25, 0.3) is 11.0 Å². The molecular weight excluding hydrogens is 242 g/mol. The van der Waals surface area contributed by atoms with Gasteiger partial charge >= 0.3 is 0 Å². The Bertz CT molecular complexity index is 536. The number of hydrogen-bond donors (Lipinski definition) is 2. The van der Waals surface area contributed by atoms with Crippen LogP contribution in [0.15, 0.2) is 24.5 Å². The lowest BCUT2D eigenvalue weighted by Gasteiger charge is -2.06. The van der Waals surface area contributed by atoms with E-state index in [2.05, 4.69) is 22.2 Å². The summed E-state index contributed by atoms with van der Waals surface area (Å²) >= 11 is 0. The molecule has 1 aromatic heterocycles. The molecule has 0 fully saturated rings. The number of benzene rings is 1. The van der Waals surface area contributed by atoms with E-state index in [1.54, 1.807) is 18.5 Å². The number of rotatable bonds is 7. The van der Waals surface area contributed by atoms with Crippen molar-refractivity contribution >= 4 is 16.9 Å². The van der Waals surface area contributed by atoms with Crippen LogP contribution in [0.5, 0.6) is 0 Å². The second-order valence-corrected chi connectivity index (χ2v) is 4.36. The lowest BCUT2D eigenvalue weighted by atomic mass is 10.2. The van der Waals surface area contributed by atoms with Crippen molar-refractivity contribution < 1.29 is 9.53 Å². The van der Waals surface area contributed by atoms with Crippen LogP contribution in [0.4, 0.5) is 0 Å². The molecule has 0 aliphatic rings. The Morgan fingerprint density at radius 1 is 1.42 bits per heavy atom. The zero-order valence-electron chi connectivity index (χ0n) is 11.1. The lowest BCUT2D eigenvalue weighted by Crippen LogP contribution is -2.27. The maximum atomic E-state index is 11.9. The van der Waals surface area contributed by atoms with Crippen molar-refractivity contribution in [2.75, 3.05) is 19.8 Å². The highest BCUT2D eigenvalue weighted by molar-refractivity contribution is 5.97. The number of unbranched alkanes of at least 4 members (excludes halogenated alkanes) is 1. The molecule has 0 radical (unpaired) electrons. The number of nitrogens with one attached hydrogen (secondary N) is 2. The number of ether oxygens (including phenoxy) is 1. The molecule has 19 heavy (non-hydrogen) atoms. The highest BCUT2D eigenvalue weighted by atomic mass is 16.5. The molecular formula is C14H19N3O2. The van der Waals surface area contributed by atoms with Crippen LogP contribution in [0.2, 0.25) is 0 Å². The van der Waals surface area contributed by atoms with Crippen molar-refractivity contribution in [1.29, 1.82) is 0 Å². The van der Waals surface area contributed by atoms with Gasteiger partial charge in [-0.25, -0.2) is 4.98 Å². The van der Waals surface area contributed by atoms with Gasteiger partial charge < -0.3 is 15.0 Å². The minimum atomic E-state index is -0.0874. The third kappa shape index (κ3) is 3.79. The van der Waals surface area contributed by atoms with E-state index in [1.165, 1.54) is 0 Å². The van der Waals surface area contributed by atoms with Gasteiger partial charge in [0, 0.05) is 18.7 Å². The van der Waals surface area contributed by atoms with Crippen LogP contribution in [0, 0.1) is 0 Å². The summed E-state index contributed by atoms with van der Waals surface area (Å²) in [6, 6.07) is 5.41. The van der Waals surface area contributed by atoms with Crippen LogP contribution < -0.4 is 5.32 Å². The van der Waals surface area contributed by atoms with Gasteiger partial charge in [0.2, 0.25) is 0 Å². The first-order chi connectivity index (χ1) is 9.31. The number of carbonyl (C=O) groups is 1. The number of hydrogen-bond acceptors (Lipinski definition) is 3. The van der Waals surface area contributed by atoms with Gasteiger partial charge in [-0.1, -0.05) is 13.3 Å². The van der Waals surface area contributed by atoms with E-state index in [0.717, 1.165) is 30.5 Å². The second-order valence-electron chi connectivity index (χ2n) is 4.36. The Morgan fingerprint density at radius 3 is 3.16 bits per heavy atom. The normalized spacial score (nSPS) is 10.8. The monoisotopic (exact) mass is 261 g/mol. The number of amides is 1. The predicted octanol–water partition coefficient (Wildman–Crippen LogP) is 2.11. The van der Waals surface area contributed by atoms with E-state index in [1.807, 2.05) is 6.07 Å². The number of aromatic nitrogens is 2. The summed E-state index contributed by atoms with van der Waals surface area (Å²) in [5, 5.41) is 2.83. The smallest absolute Gasteiger partial charge is 0.251 e. The van der Waals surface area contributed by atoms with Crippen LogP contribution in [0.1, 0.15) is 30.1 Å². The molecule has 1 amide bonds. The van der Waals surface area contributed by atoms with Gasteiger partial charge in [-0.05, 0) is 24.6 Å². The van der Waals surface area contributed by atoms with E-state index in [0.29, 0.717) is 18.7 Å². The second kappa shape index (κ2) is 6.89. The molecule has 0 bridgehead atoms. The molecule has 2 rings (SSSR count). The summed E-state index contributed by atoms with van der Waals surface area (Å²) in [5.41, 5.74) is 2.36. The number of aromatic amines is 1. The van der Waals surface area contributed by atoms with Crippen LogP contribution in [0.3, 0.4) is 0 Å². The topological polar surface area (TPSA) is 67.0 Å². The van der Waals surface area contributed by atoms with E-state index in [4.69, 9.17) is 4.74 Å². The summed E-state index contributed by atoms with van der Waals surface area (Å²) in [6.07, 6.45) is 3.80. The molecule has 5 heteroatoms. The van der Waals surface area contributed by atoms with Crippen molar-refractivity contribution in [2.45, 2.75) is 19.8 Å². The molecule has 0 saturated heterocycles. The van der Waals surface area contributed by atoms with Gasteiger partial charge in [0.05, 0.1) is 24.0 Å². The van der Waals surface area contributed by atoms with Gasteiger partial charge in [-0.2, -0.15) is 0 Å². The first kappa shape index (κ1) is 13.5. The zero-order valence-corrected chi connectivity index (χ0v) is 11.1. The molecule has 1 heterocycles. The van der Waals surface area contributed by atoms with E-state index in [9.17, 15) is 4.79 Å². The average Bonchev–Trinajstić information content (AvgIpc) is 2.89. The molecule has 2 aromatic rings. The van der Waals surface area contributed by atoms with Gasteiger partial charge in [0.15, 0.2) is 0 Å². The van der Waals surface area contributed by atoms with E-state index in [-0.39, 0.29) is 5.91 Å². The first-order valence-electron chi connectivity index (χ1n) is 6.60. The third-order valence-electron chi connectivity index (χ3n) is 2.86. The number of carbonyl (C=O) groups excluding carboxylic acids is 1. The Hall–Kier alpha value is -1.88. The largest absolute Gasteiger partial charge is 0.380 e. The highest BCUT2D eigenvalue weighted by Gasteiger charge is 2.06. The SMILES string of the molecule is CCCCOCCNC(=O)c1ccc2nc[nH]c2c1. The molecule has 0 aliphatic heterocycles. The first-order valence-corrected chi connectivity index (χ1v) is 6.60. The molecule has 0 saturated carbocycles. The maximum absolute atomic E-state index is 11.9. The number of H-pyrrole nitrogens is 1. The zero-order chi connectivity index (χ0) is 13.5. The minimum Gasteiger partial charge on any atom is -0.380 e. The molecule has 5 nitrogen and oxygen atoms in total. The van der Waals surface area contributed by atoms with Crippen LogP contribution in [-0.2, 0) is 4.74 Å². The van der Waals surface area contributed by atoms with Crippen molar-refractivity contribution in [2.24, 2.45) is 0 Å². The van der Waals surface area contributed by atoms with E-state index < -0.39 is 0 Å². The standard InChI is InChI=1S/C14H19N3O2/c1-2-3-7-19-8-6-15-14(18)11-4-5-12-13(9-11)17-10-16-12/h4-5,9-10H,2-3,6-8H2,1H3,(H,15,18)(H,16,17). The molecule has 2 N–H and O–H groups in total. The van der Waals surface area contributed by atoms with Crippen molar-refractivity contribution in [3.63, 3.8) is 0 Å².